The third kappa shape index (κ3) is 38.3. The van der Waals surface area contributed by atoms with Gasteiger partial charge in [-0.05, 0) is 103 Å². The molecule has 0 bridgehead atoms. The van der Waals surface area contributed by atoms with Crippen LogP contribution in [-0.4, -0.2) is 49.3 Å². The summed E-state index contributed by atoms with van der Waals surface area (Å²) in [4.78, 5) is 0. The minimum absolute atomic E-state index is 0.809. The Morgan fingerprint density at radius 3 is 0.368 bits per heavy atom. The van der Waals surface area contributed by atoms with E-state index in [0.717, 1.165) is 0 Å². The van der Waals surface area contributed by atoms with Crippen LogP contribution < -0.4 is 0 Å². The first-order valence-electron chi connectivity index (χ1n) is 27.8. The third-order valence-corrected chi connectivity index (χ3v) is 24.3. The van der Waals surface area contributed by atoms with E-state index in [1.807, 2.05) is 0 Å². The molecule has 0 aromatic heterocycles. The van der Waals surface area contributed by atoms with Crippen LogP contribution in [0.1, 0.15) is 305 Å². The molecule has 0 nitrogen and oxygen atoms in total. The normalized spacial score (nSPS) is 12.3. The van der Waals surface area contributed by atoms with Crippen LogP contribution in [0.15, 0.2) is 0 Å². The van der Waals surface area contributed by atoms with Crippen LogP contribution in [-0.2, 0) is 0 Å². The molecule has 0 aliphatic heterocycles. The summed E-state index contributed by atoms with van der Waals surface area (Å²) in [5.74, 6) is 0. The van der Waals surface area contributed by atoms with Crippen LogP contribution in [0.25, 0.3) is 0 Å². The summed E-state index contributed by atoms with van der Waals surface area (Å²) in [6.45, 7) is 14.2. The summed E-state index contributed by atoms with van der Waals surface area (Å²) in [6.07, 6.45) is 74.5. The van der Waals surface area contributed by atoms with Crippen molar-refractivity contribution in [3.63, 3.8) is 0 Å². The Morgan fingerprint density at radius 1 is 0.140 bits per heavy atom. The maximum Gasteiger partial charge on any atom is 0.0594 e. The van der Waals surface area contributed by atoms with Gasteiger partial charge in [-0.3, -0.25) is 0 Å². The van der Waals surface area contributed by atoms with Crippen molar-refractivity contribution >= 4 is 14.5 Å². The molecule has 0 saturated heterocycles. The lowest BCUT2D eigenvalue weighted by Gasteiger charge is -2.29. The van der Waals surface area contributed by atoms with Gasteiger partial charge in [-0.25, -0.2) is 0 Å². The van der Waals surface area contributed by atoms with E-state index >= 15 is 0 Å². The van der Waals surface area contributed by atoms with Crippen molar-refractivity contribution in [3.8, 4) is 0 Å². The first-order chi connectivity index (χ1) is 28.1. The van der Waals surface area contributed by atoms with E-state index < -0.39 is 14.5 Å². The van der Waals surface area contributed by atoms with Crippen molar-refractivity contribution in [3.05, 3.63) is 0 Å². The van der Waals surface area contributed by atoms with Gasteiger partial charge in [0, 0.05) is 14.5 Å². The van der Waals surface area contributed by atoms with Gasteiger partial charge in [0.2, 0.25) is 0 Å². The monoisotopic (exact) mass is 839 g/mol. The molecule has 0 atom stereocenters. The standard InChI is InChI=1S/C55H116P2/c1-7-13-19-25-32-40-48-56(49-41-33-26-20-14-8-2,50-42-34-27-21-15-9-3)54-46-38-31-39-47-55-57(51-43-35-28-22-16-10-4,52-44-36-29-23-17-11-5)53-45-37-30-24-18-12-6/h7-55H2,1-6H3/q+2. The molecule has 0 rings (SSSR count). The van der Waals surface area contributed by atoms with E-state index in [1.165, 1.54) is 199 Å². The van der Waals surface area contributed by atoms with Crippen LogP contribution in [0.3, 0.4) is 0 Å². The molecule has 0 aromatic carbocycles. The fraction of sp³-hybridized carbons (Fsp3) is 1.00. The van der Waals surface area contributed by atoms with Crippen LogP contribution in [0, 0.1) is 0 Å². The first kappa shape index (κ1) is 57.9. The first-order valence-corrected chi connectivity index (χ1v) is 32.8. The zero-order chi connectivity index (χ0) is 41.6. The van der Waals surface area contributed by atoms with E-state index in [2.05, 4.69) is 41.5 Å². The predicted molar refractivity (Wildman–Crippen MR) is 276 cm³/mol. The van der Waals surface area contributed by atoms with Gasteiger partial charge in [-0.2, -0.15) is 0 Å². The second kappa shape index (κ2) is 46.4. The van der Waals surface area contributed by atoms with E-state index in [0.29, 0.717) is 0 Å². The fourth-order valence-electron chi connectivity index (χ4n) is 10.1. The zero-order valence-corrected chi connectivity index (χ0v) is 43.3. The number of hydrogen-bond acceptors (Lipinski definition) is 0. The number of unbranched alkanes of at least 4 members (excludes halogenated alkanes) is 34. The zero-order valence-electron chi connectivity index (χ0n) is 41.5. The Morgan fingerprint density at radius 2 is 0.246 bits per heavy atom. The van der Waals surface area contributed by atoms with Crippen LogP contribution in [0.4, 0.5) is 0 Å². The van der Waals surface area contributed by atoms with Gasteiger partial charge in [-0.15, -0.1) is 0 Å². The van der Waals surface area contributed by atoms with Crippen molar-refractivity contribution in [2.75, 3.05) is 49.3 Å². The fourth-order valence-corrected chi connectivity index (χ4v) is 20.0. The van der Waals surface area contributed by atoms with E-state index in [4.69, 9.17) is 0 Å². The SMILES string of the molecule is CCCCCCCC[P+](CCCCCCCC)(CCCCCCCC)CCCCCCC[P+](CCCCCCCC)(CCCCCCCC)CCCCCCCC. The van der Waals surface area contributed by atoms with E-state index in [9.17, 15) is 0 Å². The summed E-state index contributed by atoms with van der Waals surface area (Å²) < 4.78 is 0. The summed E-state index contributed by atoms with van der Waals surface area (Å²) >= 11 is 0. The Bertz CT molecular complexity index is 590. The molecule has 0 heterocycles. The lowest BCUT2D eigenvalue weighted by atomic mass is 10.1. The van der Waals surface area contributed by atoms with Gasteiger partial charge in [0.1, 0.15) is 0 Å². The third-order valence-electron chi connectivity index (χ3n) is 14.2. The molecule has 0 aromatic rings. The van der Waals surface area contributed by atoms with Crippen molar-refractivity contribution in [2.45, 2.75) is 305 Å². The topological polar surface area (TPSA) is 0 Å². The van der Waals surface area contributed by atoms with Crippen LogP contribution in [0.2, 0.25) is 0 Å². The van der Waals surface area contributed by atoms with Crippen LogP contribution >= 0.6 is 14.5 Å². The minimum atomic E-state index is -0.809. The molecule has 0 unspecified atom stereocenters. The summed E-state index contributed by atoms with van der Waals surface area (Å²) in [5, 5.41) is 0. The van der Waals surface area contributed by atoms with Crippen molar-refractivity contribution < 1.29 is 0 Å². The van der Waals surface area contributed by atoms with Gasteiger partial charge < -0.3 is 0 Å². The molecular formula is C55H116P2+2. The smallest absolute Gasteiger partial charge is 0.0594 e. The van der Waals surface area contributed by atoms with Gasteiger partial charge in [0.25, 0.3) is 0 Å². The van der Waals surface area contributed by atoms with E-state index in [1.54, 1.807) is 114 Å². The summed E-state index contributed by atoms with van der Waals surface area (Å²) in [7, 11) is -1.62. The minimum Gasteiger partial charge on any atom is -0.0654 e. The molecule has 2 heteroatoms. The number of rotatable bonds is 50. The quantitative estimate of drug-likeness (QED) is 0.0423. The number of hydrogen-bond donors (Lipinski definition) is 0. The highest BCUT2D eigenvalue weighted by Gasteiger charge is 2.36. The highest BCUT2D eigenvalue weighted by molar-refractivity contribution is 7.76. The van der Waals surface area contributed by atoms with Gasteiger partial charge >= 0.3 is 0 Å². The van der Waals surface area contributed by atoms with Crippen LogP contribution in [0.5, 0.6) is 0 Å². The molecule has 0 amide bonds. The Labute approximate surface area is 367 Å². The average Bonchev–Trinajstić information content (AvgIpc) is 3.22. The predicted octanol–water partition coefficient (Wildman–Crippen LogP) is 21.1. The largest absolute Gasteiger partial charge is 0.0654 e. The highest BCUT2D eigenvalue weighted by Crippen LogP contribution is 2.62. The molecule has 0 radical (unpaired) electrons. The molecule has 0 aliphatic carbocycles. The Balaban J connectivity index is 5.47. The molecule has 0 aliphatic rings. The molecule has 0 saturated carbocycles. The van der Waals surface area contributed by atoms with Crippen molar-refractivity contribution in [1.29, 1.82) is 0 Å². The molecule has 0 spiro atoms. The Kier molecular flexibility index (Phi) is 47.1. The Hall–Kier alpha value is 0.860. The lowest BCUT2D eigenvalue weighted by Crippen LogP contribution is -2.14. The average molecular weight is 839 g/mol. The lowest BCUT2D eigenvalue weighted by molar-refractivity contribution is 0.611. The molecule has 57 heavy (non-hydrogen) atoms. The van der Waals surface area contributed by atoms with Gasteiger partial charge in [0.05, 0.1) is 49.3 Å². The maximum atomic E-state index is 2.37. The van der Waals surface area contributed by atoms with Gasteiger partial charge in [-0.1, -0.05) is 202 Å². The molecular weight excluding hydrogens is 723 g/mol. The highest BCUT2D eigenvalue weighted by atomic mass is 31.2. The summed E-state index contributed by atoms with van der Waals surface area (Å²) in [6, 6.07) is 0. The summed E-state index contributed by atoms with van der Waals surface area (Å²) in [5.41, 5.74) is 0. The van der Waals surface area contributed by atoms with Gasteiger partial charge in [0.15, 0.2) is 0 Å². The second-order valence-electron chi connectivity index (χ2n) is 19.8. The van der Waals surface area contributed by atoms with Crippen molar-refractivity contribution in [2.24, 2.45) is 0 Å². The molecule has 0 N–H and O–H groups in total. The molecule has 344 valence electrons. The maximum absolute atomic E-state index is 2.37. The van der Waals surface area contributed by atoms with E-state index in [-0.39, 0.29) is 0 Å². The molecule has 0 fully saturated rings. The second-order valence-corrected chi connectivity index (χ2v) is 28.8. The van der Waals surface area contributed by atoms with Crippen molar-refractivity contribution in [1.82, 2.24) is 0 Å².